The van der Waals surface area contributed by atoms with Crippen LogP contribution in [0.2, 0.25) is 0 Å². The third-order valence-corrected chi connectivity index (χ3v) is 3.38. The molecule has 1 aromatic heterocycles. The van der Waals surface area contributed by atoms with Crippen LogP contribution in [0.1, 0.15) is 37.9 Å². The molecule has 106 valence electrons. The topological polar surface area (TPSA) is 68.5 Å². The summed E-state index contributed by atoms with van der Waals surface area (Å²) in [5.41, 5.74) is 0. The standard InChI is InChI=1S/C13H21N3O3/c1-3-5-12-14-11(15-19-12)9-16-7-4-6-10(8-16)13(17)18-2/h10H,3-9H2,1-2H3/t10-/m0/s1. The maximum Gasteiger partial charge on any atom is 0.309 e. The van der Waals surface area contributed by atoms with Gasteiger partial charge in [0.25, 0.3) is 0 Å². The summed E-state index contributed by atoms with van der Waals surface area (Å²) in [4.78, 5) is 18.1. The Balaban J connectivity index is 1.89. The normalized spacial score (nSPS) is 20.4. The lowest BCUT2D eigenvalue weighted by Gasteiger charge is -2.30. The molecule has 1 aliphatic heterocycles. The SMILES string of the molecule is CCCc1nc(CN2CCC[C@H](C(=O)OC)C2)no1. The molecule has 1 aliphatic rings. The van der Waals surface area contributed by atoms with Crippen molar-refractivity contribution >= 4 is 5.97 Å². The van der Waals surface area contributed by atoms with Crippen molar-refractivity contribution in [1.82, 2.24) is 15.0 Å². The van der Waals surface area contributed by atoms with E-state index in [-0.39, 0.29) is 11.9 Å². The number of aromatic nitrogens is 2. The summed E-state index contributed by atoms with van der Waals surface area (Å²) in [7, 11) is 1.44. The monoisotopic (exact) mass is 267 g/mol. The van der Waals surface area contributed by atoms with E-state index >= 15 is 0 Å². The second-order valence-corrected chi connectivity index (χ2v) is 4.95. The Kier molecular flexibility index (Phi) is 4.90. The highest BCUT2D eigenvalue weighted by molar-refractivity contribution is 5.72. The lowest BCUT2D eigenvalue weighted by Crippen LogP contribution is -2.38. The van der Waals surface area contributed by atoms with Crippen LogP contribution in [0.25, 0.3) is 0 Å². The molecule has 0 aliphatic carbocycles. The number of likely N-dealkylation sites (tertiary alicyclic amines) is 1. The molecule has 19 heavy (non-hydrogen) atoms. The molecule has 1 fully saturated rings. The van der Waals surface area contributed by atoms with Gasteiger partial charge in [-0.05, 0) is 25.8 Å². The van der Waals surface area contributed by atoms with Crippen LogP contribution in [0, 0.1) is 5.92 Å². The first-order valence-corrected chi connectivity index (χ1v) is 6.84. The van der Waals surface area contributed by atoms with E-state index < -0.39 is 0 Å². The molecule has 1 saturated heterocycles. The highest BCUT2D eigenvalue weighted by Crippen LogP contribution is 2.19. The number of methoxy groups -OCH3 is 1. The lowest BCUT2D eigenvalue weighted by atomic mass is 9.98. The average Bonchev–Trinajstić information content (AvgIpc) is 2.86. The smallest absolute Gasteiger partial charge is 0.309 e. The van der Waals surface area contributed by atoms with E-state index in [1.165, 1.54) is 7.11 Å². The number of ether oxygens (including phenoxy) is 1. The first kappa shape index (κ1) is 14.0. The third-order valence-electron chi connectivity index (χ3n) is 3.38. The number of hydrogen-bond donors (Lipinski definition) is 0. The van der Waals surface area contributed by atoms with Crippen molar-refractivity contribution in [2.45, 2.75) is 39.2 Å². The number of aryl methyl sites for hydroxylation is 1. The Labute approximate surface area is 113 Å². The molecule has 2 rings (SSSR count). The van der Waals surface area contributed by atoms with Gasteiger partial charge in [-0.15, -0.1) is 0 Å². The van der Waals surface area contributed by atoms with Crippen LogP contribution in [-0.2, 0) is 22.5 Å². The molecule has 1 aromatic rings. The van der Waals surface area contributed by atoms with Gasteiger partial charge in [-0.3, -0.25) is 9.69 Å². The van der Waals surface area contributed by atoms with Gasteiger partial charge >= 0.3 is 5.97 Å². The van der Waals surface area contributed by atoms with Crippen molar-refractivity contribution in [2.24, 2.45) is 5.92 Å². The summed E-state index contributed by atoms with van der Waals surface area (Å²) in [6.45, 7) is 4.39. The van der Waals surface area contributed by atoms with E-state index in [9.17, 15) is 4.79 Å². The first-order valence-electron chi connectivity index (χ1n) is 6.84. The molecule has 2 heterocycles. The molecule has 0 unspecified atom stereocenters. The van der Waals surface area contributed by atoms with Gasteiger partial charge in [0.1, 0.15) is 0 Å². The average molecular weight is 267 g/mol. The van der Waals surface area contributed by atoms with E-state index in [4.69, 9.17) is 9.26 Å². The summed E-state index contributed by atoms with van der Waals surface area (Å²) < 4.78 is 9.97. The quantitative estimate of drug-likeness (QED) is 0.751. The molecule has 1 atom stereocenters. The van der Waals surface area contributed by atoms with Gasteiger partial charge in [0.15, 0.2) is 5.82 Å². The van der Waals surface area contributed by atoms with E-state index in [1.54, 1.807) is 0 Å². The Morgan fingerprint density at radius 1 is 1.58 bits per heavy atom. The van der Waals surface area contributed by atoms with Crippen LogP contribution in [0.3, 0.4) is 0 Å². The van der Waals surface area contributed by atoms with Gasteiger partial charge in [-0.1, -0.05) is 12.1 Å². The van der Waals surface area contributed by atoms with E-state index in [2.05, 4.69) is 22.0 Å². The Bertz CT molecular complexity index is 419. The van der Waals surface area contributed by atoms with Gasteiger partial charge in [-0.2, -0.15) is 4.98 Å². The van der Waals surface area contributed by atoms with E-state index in [1.807, 2.05) is 0 Å². The van der Waals surface area contributed by atoms with Crippen molar-refractivity contribution in [1.29, 1.82) is 0 Å². The molecule has 0 saturated carbocycles. The summed E-state index contributed by atoms with van der Waals surface area (Å²) in [5.74, 6) is 1.25. The maximum absolute atomic E-state index is 11.6. The Hall–Kier alpha value is -1.43. The Morgan fingerprint density at radius 2 is 2.42 bits per heavy atom. The molecule has 0 aromatic carbocycles. The van der Waals surface area contributed by atoms with Gasteiger partial charge in [-0.25, -0.2) is 0 Å². The molecule has 0 N–H and O–H groups in total. The Morgan fingerprint density at radius 3 is 3.16 bits per heavy atom. The highest BCUT2D eigenvalue weighted by atomic mass is 16.5. The minimum atomic E-state index is -0.121. The molecule has 0 amide bonds. The fourth-order valence-corrected chi connectivity index (χ4v) is 2.43. The second kappa shape index (κ2) is 6.65. The van der Waals surface area contributed by atoms with E-state index in [0.29, 0.717) is 24.8 Å². The number of nitrogens with zero attached hydrogens (tertiary/aromatic N) is 3. The van der Waals surface area contributed by atoms with Gasteiger partial charge < -0.3 is 9.26 Å². The largest absolute Gasteiger partial charge is 0.469 e. The van der Waals surface area contributed by atoms with Crippen LogP contribution in [0.15, 0.2) is 4.52 Å². The summed E-state index contributed by atoms with van der Waals surface area (Å²) in [6.07, 6.45) is 3.71. The van der Waals surface area contributed by atoms with E-state index in [0.717, 1.165) is 32.2 Å². The van der Waals surface area contributed by atoms with Crippen molar-refractivity contribution in [3.8, 4) is 0 Å². The van der Waals surface area contributed by atoms with Crippen molar-refractivity contribution in [2.75, 3.05) is 20.2 Å². The molecule has 0 spiro atoms. The maximum atomic E-state index is 11.6. The van der Waals surface area contributed by atoms with Gasteiger partial charge in [0, 0.05) is 13.0 Å². The zero-order valence-corrected chi connectivity index (χ0v) is 11.6. The third kappa shape index (κ3) is 3.76. The number of hydrogen-bond acceptors (Lipinski definition) is 6. The lowest BCUT2D eigenvalue weighted by molar-refractivity contribution is -0.147. The highest BCUT2D eigenvalue weighted by Gasteiger charge is 2.27. The fraction of sp³-hybridized carbons (Fsp3) is 0.769. The van der Waals surface area contributed by atoms with Crippen LogP contribution < -0.4 is 0 Å². The molecule has 6 heteroatoms. The zero-order valence-electron chi connectivity index (χ0n) is 11.6. The summed E-state index contributed by atoms with van der Waals surface area (Å²) in [6, 6.07) is 0. The minimum absolute atomic E-state index is 0.0271. The van der Waals surface area contributed by atoms with Crippen LogP contribution in [0.4, 0.5) is 0 Å². The molecular weight excluding hydrogens is 246 g/mol. The number of rotatable bonds is 5. The summed E-state index contributed by atoms with van der Waals surface area (Å²) >= 11 is 0. The van der Waals surface area contributed by atoms with Gasteiger partial charge in [0.05, 0.1) is 19.6 Å². The van der Waals surface area contributed by atoms with Crippen molar-refractivity contribution in [3.05, 3.63) is 11.7 Å². The molecule has 6 nitrogen and oxygen atoms in total. The zero-order chi connectivity index (χ0) is 13.7. The van der Waals surface area contributed by atoms with Crippen molar-refractivity contribution in [3.63, 3.8) is 0 Å². The number of piperidine rings is 1. The van der Waals surface area contributed by atoms with Gasteiger partial charge in [0.2, 0.25) is 5.89 Å². The molecule has 0 bridgehead atoms. The number of carbonyl (C=O) groups is 1. The van der Waals surface area contributed by atoms with Crippen LogP contribution in [-0.4, -0.2) is 41.2 Å². The molecular formula is C13H21N3O3. The minimum Gasteiger partial charge on any atom is -0.469 e. The predicted molar refractivity (Wildman–Crippen MR) is 68.3 cm³/mol. The van der Waals surface area contributed by atoms with Crippen molar-refractivity contribution < 1.29 is 14.1 Å². The predicted octanol–water partition coefficient (Wildman–Crippen LogP) is 1.41. The first-order chi connectivity index (χ1) is 9.22. The number of carbonyl (C=O) groups excluding carboxylic acids is 1. The fourth-order valence-electron chi connectivity index (χ4n) is 2.43. The number of esters is 1. The second-order valence-electron chi connectivity index (χ2n) is 4.95. The van der Waals surface area contributed by atoms with Crippen LogP contribution >= 0.6 is 0 Å². The summed E-state index contributed by atoms with van der Waals surface area (Å²) in [5, 5.41) is 3.97. The van der Waals surface area contributed by atoms with Crippen LogP contribution in [0.5, 0.6) is 0 Å². The molecule has 0 radical (unpaired) electrons.